The molecular weight excluding hydrogens is 498 g/mol. The molecule has 0 saturated carbocycles. The summed E-state index contributed by atoms with van der Waals surface area (Å²) in [4.78, 5) is 27.6. The minimum absolute atomic E-state index is 0.0940. The number of hydrogen-bond donors (Lipinski definition) is 1. The second-order valence-corrected chi connectivity index (χ2v) is 11.6. The van der Waals surface area contributed by atoms with Gasteiger partial charge in [-0.3, -0.25) is 9.69 Å². The van der Waals surface area contributed by atoms with Crippen LogP contribution >= 0.6 is 11.3 Å². The summed E-state index contributed by atoms with van der Waals surface area (Å²) in [7, 11) is -2.25. The Morgan fingerprint density at radius 1 is 0.944 bits per heavy atom. The van der Waals surface area contributed by atoms with Crippen LogP contribution < -0.4 is 5.32 Å². The fraction of sp³-hybridized carbons (Fsp3) is 0.308. The van der Waals surface area contributed by atoms with Crippen molar-refractivity contribution in [2.45, 2.75) is 18.7 Å². The van der Waals surface area contributed by atoms with Gasteiger partial charge in [-0.05, 0) is 31.5 Å². The van der Waals surface area contributed by atoms with Crippen molar-refractivity contribution in [1.29, 1.82) is 0 Å². The highest BCUT2D eigenvalue weighted by Crippen LogP contribution is 2.36. The molecular formula is C26H29N3O5S2. The third-order valence-electron chi connectivity index (χ3n) is 6.15. The van der Waals surface area contributed by atoms with Crippen LogP contribution in [-0.2, 0) is 19.6 Å². The molecule has 10 heteroatoms. The molecule has 8 nitrogen and oxygen atoms in total. The molecule has 1 aliphatic rings. The van der Waals surface area contributed by atoms with Gasteiger partial charge >= 0.3 is 5.97 Å². The van der Waals surface area contributed by atoms with Crippen LogP contribution in [0.3, 0.4) is 0 Å². The molecule has 0 atom stereocenters. The normalized spacial score (nSPS) is 15.0. The van der Waals surface area contributed by atoms with Gasteiger partial charge in [0.05, 0.1) is 18.6 Å². The monoisotopic (exact) mass is 527 g/mol. The molecule has 1 saturated heterocycles. The van der Waals surface area contributed by atoms with Crippen LogP contribution in [0.1, 0.15) is 21.5 Å². The van der Waals surface area contributed by atoms with E-state index in [4.69, 9.17) is 4.74 Å². The third-order valence-corrected chi connectivity index (χ3v) is 8.96. The van der Waals surface area contributed by atoms with Crippen molar-refractivity contribution < 1.29 is 22.7 Å². The second-order valence-electron chi connectivity index (χ2n) is 8.75. The number of piperazine rings is 1. The first-order chi connectivity index (χ1) is 17.2. The summed E-state index contributed by atoms with van der Waals surface area (Å²) in [6.45, 7) is 5.45. The van der Waals surface area contributed by atoms with Crippen LogP contribution in [0.5, 0.6) is 0 Å². The molecule has 1 aliphatic heterocycles. The molecule has 2 aromatic carbocycles. The second kappa shape index (κ2) is 10.9. The quantitative estimate of drug-likeness (QED) is 0.470. The van der Waals surface area contributed by atoms with E-state index in [0.717, 1.165) is 16.7 Å². The zero-order valence-corrected chi connectivity index (χ0v) is 22.1. The van der Waals surface area contributed by atoms with Crippen LogP contribution in [0, 0.1) is 13.8 Å². The Kier molecular flexibility index (Phi) is 7.89. The number of anilines is 1. The van der Waals surface area contributed by atoms with E-state index in [1.807, 2.05) is 48.4 Å². The Bertz CT molecular complexity index is 1340. The first-order valence-corrected chi connectivity index (χ1v) is 13.9. The highest BCUT2D eigenvalue weighted by molar-refractivity contribution is 7.89. The molecule has 190 valence electrons. The average Bonchev–Trinajstić information content (AvgIpc) is 3.27. The van der Waals surface area contributed by atoms with Crippen molar-refractivity contribution in [2.75, 3.05) is 45.2 Å². The largest absolute Gasteiger partial charge is 0.465 e. The predicted molar refractivity (Wildman–Crippen MR) is 141 cm³/mol. The summed E-state index contributed by atoms with van der Waals surface area (Å²) in [5, 5.41) is 5.12. The molecule has 0 aliphatic carbocycles. The van der Waals surface area contributed by atoms with E-state index in [1.165, 1.54) is 22.8 Å². The first kappa shape index (κ1) is 26.0. The van der Waals surface area contributed by atoms with Crippen LogP contribution in [0.2, 0.25) is 0 Å². The van der Waals surface area contributed by atoms with Gasteiger partial charge in [0, 0.05) is 37.1 Å². The molecule has 1 fully saturated rings. The van der Waals surface area contributed by atoms with Gasteiger partial charge < -0.3 is 10.1 Å². The van der Waals surface area contributed by atoms with Gasteiger partial charge in [-0.15, -0.1) is 11.3 Å². The van der Waals surface area contributed by atoms with Crippen LogP contribution in [-0.4, -0.2) is 69.3 Å². The molecule has 0 unspecified atom stereocenters. The van der Waals surface area contributed by atoms with Gasteiger partial charge in [0.1, 0.15) is 10.6 Å². The van der Waals surface area contributed by atoms with E-state index >= 15 is 0 Å². The lowest BCUT2D eigenvalue weighted by Crippen LogP contribution is -2.50. The Hall–Kier alpha value is -3.05. The molecule has 4 rings (SSSR count). The molecule has 3 aromatic rings. The van der Waals surface area contributed by atoms with E-state index in [9.17, 15) is 18.0 Å². The molecule has 0 spiro atoms. The van der Waals surface area contributed by atoms with E-state index in [2.05, 4.69) is 5.32 Å². The van der Waals surface area contributed by atoms with Crippen LogP contribution in [0.4, 0.5) is 5.00 Å². The summed E-state index contributed by atoms with van der Waals surface area (Å²) in [6.07, 6.45) is 0. The SMILES string of the molecule is COC(=O)c1c(-c2ccc(C)cc2)csc1NC(=O)CN1CCN(S(=O)(=O)c2ccc(C)cc2)CC1. The van der Waals surface area contributed by atoms with Gasteiger partial charge in [0.25, 0.3) is 0 Å². The number of amides is 1. The lowest BCUT2D eigenvalue weighted by Gasteiger charge is -2.33. The number of ether oxygens (including phenoxy) is 1. The van der Waals surface area contributed by atoms with Crippen molar-refractivity contribution >= 4 is 38.2 Å². The average molecular weight is 528 g/mol. The van der Waals surface area contributed by atoms with E-state index in [0.29, 0.717) is 42.3 Å². The lowest BCUT2D eigenvalue weighted by molar-refractivity contribution is -0.117. The molecule has 1 amide bonds. The summed E-state index contributed by atoms with van der Waals surface area (Å²) in [6, 6.07) is 14.6. The number of rotatable bonds is 7. The standard InChI is InChI=1S/C26H29N3O5S2/c1-18-4-8-20(9-5-18)22-17-35-25(24(22)26(31)34-3)27-23(30)16-28-12-14-29(15-13-28)36(32,33)21-10-6-19(2)7-11-21/h4-11,17H,12-16H2,1-3H3,(H,27,30). The summed E-state index contributed by atoms with van der Waals surface area (Å²) in [5.41, 5.74) is 4.00. The number of thiophene rings is 1. The molecule has 1 aromatic heterocycles. The summed E-state index contributed by atoms with van der Waals surface area (Å²) in [5.74, 6) is -0.788. The number of methoxy groups -OCH3 is 1. The Labute approximate surface area is 215 Å². The number of carbonyl (C=O) groups is 2. The van der Waals surface area contributed by atoms with Gasteiger partial charge in [-0.2, -0.15) is 4.31 Å². The molecule has 2 heterocycles. The predicted octanol–water partition coefficient (Wildman–Crippen LogP) is 3.76. The van der Waals surface area contributed by atoms with E-state index in [-0.39, 0.29) is 17.3 Å². The maximum Gasteiger partial charge on any atom is 0.341 e. The van der Waals surface area contributed by atoms with Gasteiger partial charge in [-0.25, -0.2) is 13.2 Å². The number of benzene rings is 2. The lowest BCUT2D eigenvalue weighted by atomic mass is 10.0. The molecule has 36 heavy (non-hydrogen) atoms. The van der Waals surface area contributed by atoms with Crippen LogP contribution in [0.25, 0.3) is 11.1 Å². The number of esters is 1. The molecule has 1 N–H and O–H groups in total. The zero-order chi connectivity index (χ0) is 25.9. The minimum atomic E-state index is -3.57. The number of hydrogen-bond acceptors (Lipinski definition) is 7. The van der Waals surface area contributed by atoms with Crippen LogP contribution in [0.15, 0.2) is 58.8 Å². The van der Waals surface area contributed by atoms with Gasteiger partial charge in [-0.1, -0.05) is 47.5 Å². The van der Waals surface area contributed by atoms with Crippen molar-refractivity contribution in [1.82, 2.24) is 9.21 Å². The Morgan fingerprint density at radius 2 is 1.53 bits per heavy atom. The van der Waals surface area contributed by atoms with E-state index < -0.39 is 16.0 Å². The number of sulfonamides is 1. The van der Waals surface area contributed by atoms with Gasteiger partial charge in [0.15, 0.2) is 0 Å². The highest BCUT2D eigenvalue weighted by Gasteiger charge is 2.29. The Balaban J connectivity index is 1.40. The summed E-state index contributed by atoms with van der Waals surface area (Å²) >= 11 is 1.27. The third kappa shape index (κ3) is 5.67. The van der Waals surface area contributed by atoms with Crippen molar-refractivity contribution in [3.05, 3.63) is 70.6 Å². The number of aryl methyl sites for hydroxylation is 2. The fourth-order valence-electron chi connectivity index (χ4n) is 4.06. The first-order valence-electron chi connectivity index (χ1n) is 11.5. The van der Waals surface area contributed by atoms with Crippen molar-refractivity contribution in [3.8, 4) is 11.1 Å². The maximum absolute atomic E-state index is 12.9. The highest BCUT2D eigenvalue weighted by atomic mass is 32.2. The topological polar surface area (TPSA) is 96.0 Å². The van der Waals surface area contributed by atoms with E-state index in [1.54, 1.807) is 24.3 Å². The maximum atomic E-state index is 12.9. The number of nitrogens with zero attached hydrogens (tertiary/aromatic N) is 2. The molecule has 0 bridgehead atoms. The Morgan fingerprint density at radius 3 is 2.11 bits per heavy atom. The fourth-order valence-corrected chi connectivity index (χ4v) is 6.45. The minimum Gasteiger partial charge on any atom is -0.465 e. The van der Waals surface area contributed by atoms with Gasteiger partial charge in [0.2, 0.25) is 15.9 Å². The van der Waals surface area contributed by atoms with Crippen molar-refractivity contribution in [3.63, 3.8) is 0 Å². The number of nitrogens with one attached hydrogen (secondary N) is 1. The summed E-state index contributed by atoms with van der Waals surface area (Å²) < 4.78 is 32.3. The zero-order valence-electron chi connectivity index (χ0n) is 20.5. The molecule has 0 radical (unpaired) electrons. The van der Waals surface area contributed by atoms with Crippen molar-refractivity contribution in [2.24, 2.45) is 0 Å². The smallest absolute Gasteiger partial charge is 0.341 e. The number of carbonyl (C=O) groups excluding carboxylic acids is 2.